The van der Waals surface area contributed by atoms with Crippen LogP contribution >= 0.6 is 0 Å². The van der Waals surface area contributed by atoms with Crippen molar-refractivity contribution in [2.24, 2.45) is 5.41 Å². The number of alkyl halides is 8. The van der Waals surface area contributed by atoms with Crippen molar-refractivity contribution in [3.05, 3.63) is 0 Å². The summed E-state index contributed by atoms with van der Waals surface area (Å²) in [7, 11) is -7.03. The van der Waals surface area contributed by atoms with Crippen molar-refractivity contribution in [3.63, 3.8) is 0 Å². The zero-order chi connectivity index (χ0) is 36.8. The summed E-state index contributed by atoms with van der Waals surface area (Å²) in [6, 6.07) is 0. The minimum absolute atomic E-state index is 0.0945. The molecule has 0 bridgehead atoms. The van der Waals surface area contributed by atoms with Crippen LogP contribution in [0.15, 0.2) is 0 Å². The first-order valence-corrected chi connectivity index (χ1v) is 16.7. The van der Waals surface area contributed by atoms with E-state index in [1.54, 1.807) is 0 Å². The third-order valence-corrected chi connectivity index (χ3v) is 8.89. The molecule has 20 heteroatoms. The van der Waals surface area contributed by atoms with Crippen LogP contribution in [-0.2, 0) is 47.5 Å². The fourth-order valence-corrected chi connectivity index (χ4v) is 6.14. The second-order valence-electron chi connectivity index (χ2n) is 14.1. The molecular weight excluding hydrogens is 694 g/mol. The Kier molecular flexibility index (Phi) is 11.6. The number of fused-ring (bicyclic) bond motifs is 1. The molecule has 0 saturated carbocycles. The SMILES string of the molecule is CC(C)(C)CCCCNC(=O)CCCCC(F)(F)C(F)(F)OC(F)(F)C(F)(F)S(=O)(=O)O[C@@H]1C2OC(C)(C)O[C@H]2O[C@]12COC(C)(C)O2. The van der Waals surface area contributed by atoms with E-state index in [0.717, 1.165) is 12.8 Å². The topological polar surface area (TPSA) is 128 Å². The molecule has 1 amide bonds. The highest BCUT2D eigenvalue weighted by Gasteiger charge is 2.77. The summed E-state index contributed by atoms with van der Waals surface area (Å²) in [5, 5.41) is -4.14. The lowest BCUT2D eigenvalue weighted by Gasteiger charge is -2.35. The van der Waals surface area contributed by atoms with Gasteiger partial charge in [0.05, 0.1) is 0 Å². The van der Waals surface area contributed by atoms with Crippen LogP contribution in [0.3, 0.4) is 0 Å². The molecule has 0 radical (unpaired) electrons. The van der Waals surface area contributed by atoms with Crippen LogP contribution in [0.25, 0.3) is 0 Å². The summed E-state index contributed by atoms with van der Waals surface area (Å²) in [5.74, 6) is -11.5. The largest absolute Gasteiger partial charge is 0.460 e. The van der Waals surface area contributed by atoms with Gasteiger partial charge < -0.3 is 29.0 Å². The molecule has 3 aliphatic rings. The predicted octanol–water partition coefficient (Wildman–Crippen LogP) is 6.01. The normalized spacial score (nSPS) is 27.9. The number of hydrogen-bond acceptors (Lipinski definition) is 10. The quantitative estimate of drug-likeness (QED) is 0.114. The summed E-state index contributed by atoms with van der Waals surface area (Å²) in [4.78, 5) is 11.9. The molecule has 3 fully saturated rings. The first kappa shape index (κ1) is 41.0. The Morgan fingerprint density at radius 2 is 1.44 bits per heavy atom. The zero-order valence-electron chi connectivity index (χ0n) is 27.6. The zero-order valence-corrected chi connectivity index (χ0v) is 28.4. The summed E-state index contributed by atoms with van der Waals surface area (Å²) >= 11 is 0. The van der Waals surface area contributed by atoms with Gasteiger partial charge in [0.25, 0.3) is 0 Å². The maximum atomic E-state index is 14.9. The Morgan fingerprint density at radius 3 is 2.00 bits per heavy atom. The Bertz CT molecular complexity index is 1260. The maximum Gasteiger partial charge on any atom is 0.460 e. The van der Waals surface area contributed by atoms with Gasteiger partial charge in [0.2, 0.25) is 11.7 Å². The molecule has 1 spiro atoms. The van der Waals surface area contributed by atoms with E-state index in [0.29, 0.717) is 13.0 Å². The standard InChI is InChI=1S/C28H43F8NO10S/c1-21(2,3)13-10-11-15-37-17(38)12-8-9-14-25(29,30)26(31,32)47-27(33,34)28(35,36)48(39,40)45-19-18-20(43-23(6,7)42-18)44-24(19)16-41-22(4,5)46-24/h18-20H,8-16H2,1-7H3,(H,37,38)/t18?,19-,20+,24+/m1/s1. The van der Waals surface area contributed by atoms with Crippen LogP contribution in [0.1, 0.15) is 93.4 Å². The number of carbonyl (C=O) groups excluding carboxylic acids is 1. The van der Waals surface area contributed by atoms with Crippen molar-refractivity contribution in [1.29, 1.82) is 0 Å². The van der Waals surface area contributed by atoms with Crippen LogP contribution in [0.5, 0.6) is 0 Å². The summed E-state index contributed by atoms with van der Waals surface area (Å²) in [6.07, 6.45) is -19.8. The molecule has 3 heterocycles. The molecule has 48 heavy (non-hydrogen) atoms. The first-order chi connectivity index (χ1) is 21.5. The second kappa shape index (κ2) is 13.6. The Labute approximate surface area is 273 Å². The lowest BCUT2D eigenvalue weighted by atomic mass is 9.90. The van der Waals surface area contributed by atoms with Crippen LogP contribution in [0, 0.1) is 5.41 Å². The molecule has 3 rings (SSSR count). The highest BCUT2D eigenvalue weighted by atomic mass is 32.2. The molecule has 4 atom stereocenters. The molecule has 0 aromatic heterocycles. The number of rotatable bonds is 16. The molecule has 1 N–H and O–H groups in total. The van der Waals surface area contributed by atoms with E-state index < -0.39 is 94.7 Å². The van der Waals surface area contributed by atoms with Crippen LogP contribution in [0.4, 0.5) is 35.1 Å². The molecular formula is C28H43F8NO10S. The van der Waals surface area contributed by atoms with E-state index in [4.69, 9.17) is 23.7 Å². The molecule has 0 aliphatic carbocycles. The molecule has 3 aliphatic heterocycles. The van der Waals surface area contributed by atoms with Gasteiger partial charge in [0.1, 0.15) is 12.7 Å². The monoisotopic (exact) mass is 737 g/mol. The Hall–Kier alpha value is -1.42. The van der Waals surface area contributed by atoms with Crippen molar-refractivity contribution >= 4 is 16.0 Å². The van der Waals surface area contributed by atoms with Crippen LogP contribution in [0.2, 0.25) is 0 Å². The van der Waals surface area contributed by atoms with E-state index in [-0.39, 0.29) is 18.3 Å². The molecule has 11 nitrogen and oxygen atoms in total. The molecule has 282 valence electrons. The molecule has 1 unspecified atom stereocenters. The van der Waals surface area contributed by atoms with Crippen molar-refractivity contribution in [1.82, 2.24) is 5.32 Å². The minimum atomic E-state index is -7.03. The second-order valence-corrected chi connectivity index (χ2v) is 15.7. The molecule has 0 aromatic rings. The van der Waals surface area contributed by atoms with Crippen LogP contribution in [-0.4, -0.2) is 86.7 Å². The van der Waals surface area contributed by atoms with E-state index in [1.807, 2.05) is 20.8 Å². The van der Waals surface area contributed by atoms with E-state index in [1.165, 1.54) is 27.7 Å². The summed E-state index contributed by atoms with van der Waals surface area (Å²) in [5.41, 5.74) is 0.0945. The number of amides is 1. The summed E-state index contributed by atoms with van der Waals surface area (Å²) < 4.78 is 176. The van der Waals surface area contributed by atoms with Gasteiger partial charge in [0, 0.05) is 19.4 Å². The maximum absolute atomic E-state index is 14.9. The number of carbonyl (C=O) groups is 1. The number of ether oxygens (including phenoxy) is 6. The minimum Gasteiger partial charge on any atom is -0.356 e. The predicted molar refractivity (Wildman–Crippen MR) is 148 cm³/mol. The van der Waals surface area contributed by atoms with E-state index >= 15 is 0 Å². The molecule has 0 aromatic carbocycles. The Morgan fingerprint density at radius 1 is 0.833 bits per heavy atom. The number of halogens is 8. The Balaban J connectivity index is 1.63. The third-order valence-electron chi connectivity index (χ3n) is 7.56. The van der Waals surface area contributed by atoms with Gasteiger partial charge in [0.15, 0.2) is 24.0 Å². The van der Waals surface area contributed by atoms with E-state index in [2.05, 4.69) is 14.2 Å². The third kappa shape index (κ3) is 9.27. The fraction of sp³-hybridized carbons (Fsp3) is 0.964. The number of nitrogens with one attached hydrogen (secondary N) is 1. The van der Waals surface area contributed by atoms with Crippen LogP contribution < -0.4 is 5.32 Å². The summed E-state index contributed by atoms with van der Waals surface area (Å²) in [6.45, 7) is 10.9. The molecule has 3 saturated heterocycles. The van der Waals surface area contributed by atoms with Crippen molar-refractivity contribution in [2.75, 3.05) is 13.2 Å². The average molecular weight is 738 g/mol. The van der Waals surface area contributed by atoms with Crippen molar-refractivity contribution in [3.8, 4) is 0 Å². The van der Waals surface area contributed by atoms with Gasteiger partial charge in [-0.25, -0.2) is 4.74 Å². The smallest absolute Gasteiger partial charge is 0.356 e. The van der Waals surface area contributed by atoms with Crippen molar-refractivity contribution < 1.29 is 80.9 Å². The van der Waals surface area contributed by atoms with Gasteiger partial charge in [-0.05, 0) is 58.8 Å². The first-order valence-electron chi connectivity index (χ1n) is 15.3. The van der Waals surface area contributed by atoms with Crippen molar-refractivity contribution in [2.45, 2.75) is 153 Å². The van der Waals surface area contributed by atoms with Gasteiger partial charge in [-0.15, -0.1) is 0 Å². The lowest BCUT2D eigenvalue weighted by molar-refractivity contribution is -0.457. The number of unbranched alkanes of at least 4 members (excludes halogenated alkanes) is 2. The van der Waals surface area contributed by atoms with E-state index in [9.17, 15) is 48.3 Å². The van der Waals surface area contributed by atoms with Gasteiger partial charge in [-0.1, -0.05) is 27.2 Å². The highest BCUT2D eigenvalue weighted by Crippen LogP contribution is 2.52. The van der Waals surface area contributed by atoms with Gasteiger partial charge in [-0.2, -0.15) is 43.5 Å². The van der Waals surface area contributed by atoms with Gasteiger partial charge in [-0.3, -0.25) is 8.98 Å². The average Bonchev–Trinajstić information content (AvgIpc) is 3.45. The number of hydrogen-bond donors (Lipinski definition) is 1. The fourth-order valence-electron chi connectivity index (χ4n) is 5.16. The highest BCUT2D eigenvalue weighted by molar-refractivity contribution is 7.87. The lowest BCUT2D eigenvalue weighted by Crippen LogP contribution is -2.58. The van der Waals surface area contributed by atoms with Gasteiger partial charge >= 0.3 is 33.5 Å².